The number of alkyl halides is 3. The number of anilines is 1. The molecule has 1 aliphatic rings. The van der Waals surface area contributed by atoms with E-state index in [0.717, 1.165) is 6.07 Å². The Morgan fingerprint density at radius 2 is 2.15 bits per heavy atom. The van der Waals surface area contributed by atoms with Crippen LogP contribution in [0.1, 0.15) is 18.5 Å². The minimum Gasteiger partial charge on any atom is -0.365 e. The zero-order chi connectivity index (χ0) is 14.9. The van der Waals surface area contributed by atoms with Crippen molar-refractivity contribution in [1.82, 2.24) is 14.9 Å². The molecule has 2 heterocycles. The van der Waals surface area contributed by atoms with Gasteiger partial charge in [-0.2, -0.15) is 13.2 Å². The maximum Gasteiger partial charge on any atom is 0.433 e. The third-order valence-corrected chi connectivity index (χ3v) is 3.14. The molecular formula is C11H12ClF3N4O. The van der Waals surface area contributed by atoms with Crippen LogP contribution in [-0.4, -0.2) is 40.4 Å². The second-order valence-corrected chi connectivity index (χ2v) is 4.90. The quantitative estimate of drug-likeness (QED) is 0.851. The predicted octanol–water partition coefficient (Wildman–Crippen LogP) is 2.18. The number of likely N-dealkylation sites (tertiary alicyclic amines) is 1. The van der Waals surface area contributed by atoms with Crippen molar-refractivity contribution in [1.29, 1.82) is 0 Å². The Morgan fingerprint density at radius 3 is 2.75 bits per heavy atom. The van der Waals surface area contributed by atoms with Gasteiger partial charge in [-0.05, 0) is 18.0 Å². The lowest BCUT2D eigenvalue weighted by Gasteiger charge is -2.30. The summed E-state index contributed by atoms with van der Waals surface area (Å²) < 4.78 is 37.8. The molecular weight excluding hydrogens is 297 g/mol. The lowest BCUT2D eigenvalue weighted by Crippen LogP contribution is -2.43. The highest BCUT2D eigenvalue weighted by Gasteiger charge is 2.34. The third kappa shape index (κ3) is 3.50. The Labute approximate surface area is 118 Å². The van der Waals surface area contributed by atoms with Gasteiger partial charge in [0.05, 0.1) is 0 Å². The molecule has 1 fully saturated rings. The largest absolute Gasteiger partial charge is 0.433 e. The fourth-order valence-corrected chi connectivity index (χ4v) is 2.16. The number of nitrogens with one attached hydrogen (secondary N) is 1. The van der Waals surface area contributed by atoms with Crippen molar-refractivity contribution in [3.63, 3.8) is 0 Å². The van der Waals surface area contributed by atoms with E-state index in [1.807, 2.05) is 0 Å². The molecule has 1 aromatic rings. The van der Waals surface area contributed by atoms with Gasteiger partial charge in [-0.3, -0.25) is 4.79 Å². The fraction of sp³-hybridized carbons (Fsp3) is 0.545. The first-order chi connectivity index (χ1) is 9.25. The number of hydrogen-bond donors (Lipinski definition) is 1. The molecule has 1 atom stereocenters. The number of amides is 1. The van der Waals surface area contributed by atoms with Gasteiger partial charge in [-0.15, -0.1) is 0 Å². The van der Waals surface area contributed by atoms with Crippen LogP contribution in [0.5, 0.6) is 0 Å². The molecule has 1 saturated heterocycles. The molecule has 0 aliphatic carbocycles. The summed E-state index contributed by atoms with van der Waals surface area (Å²) in [6.07, 6.45) is -3.70. The van der Waals surface area contributed by atoms with Crippen LogP contribution < -0.4 is 5.32 Å². The number of piperidine rings is 1. The van der Waals surface area contributed by atoms with E-state index in [2.05, 4.69) is 15.3 Å². The number of carbonyl (C=O) groups is 1. The number of hydrogen-bond acceptors (Lipinski definition) is 4. The van der Waals surface area contributed by atoms with E-state index in [0.29, 0.717) is 19.4 Å². The zero-order valence-electron chi connectivity index (χ0n) is 10.5. The summed E-state index contributed by atoms with van der Waals surface area (Å²) in [5, 5.41) is 2.39. The van der Waals surface area contributed by atoms with Crippen molar-refractivity contribution < 1.29 is 18.0 Å². The lowest BCUT2D eigenvalue weighted by atomic mass is 10.1. The van der Waals surface area contributed by atoms with Gasteiger partial charge in [0.25, 0.3) is 0 Å². The predicted molar refractivity (Wildman–Crippen MR) is 66.3 cm³/mol. The zero-order valence-corrected chi connectivity index (χ0v) is 11.3. The van der Waals surface area contributed by atoms with E-state index in [-0.39, 0.29) is 17.8 Å². The fourth-order valence-electron chi connectivity index (χ4n) is 1.98. The first-order valence-electron chi connectivity index (χ1n) is 5.88. The monoisotopic (exact) mass is 308 g/mol. The molecule has 5 nitrogen and oxygen atoms in total. The summed E-state index contributed by atoms with van der Waals surface area (Å²) in [5.41, 5.74) is -1.10. The summed E-state index contributed by atoms with van der Waals surface area (Å²) in [4.78, 5) is 19.7. The molecule has 9 heteroatoms. The first-order valence-corrected chi connectivity index (χ1v) is 6.26. The highest BCUT2D eigenvalue weighted by atomic mass is 35.5. The van der Waals surface area contributed by atoms with E-state index in [1.54, 1.807) is 7.05 Å². The molecule has 20 heavy (non-hydrogen) atoms. The molecule has 0 radical (unpaired) electrons. The molecule has 1 unspecified atom stereocenters. The van der Waals surface area contributed by atoms with Crippen molar-refractivity contribution in [2.75, 3.05) is 18.9 Å². The van der Waals surface area contributed by atoms with E-state index in [1.165, 1.54) is 4.90 Å². The smallest absolute Gasteiger partial charge is 0.365 e. The van der Waals surface area contributed by atoms with Gasteiger partial charge < -0.3 is 10.2 Å². The number of carbonyl (C=O) groups excluding carboxylic acids is 1. The van der Waals surface area contributed by atoms with Crippen LogP contribution in [0, 0.1) is 0 Å². The molecule has 0 spiro atoms. The van der Waals surface area contributed by atoms with Gasteiger partial charge in [-0.25, -0.2) is 9.97 Å². The van der Waals surface area contributed by atoms with Crippen LogP contribution in [0.2, 0.25) is 5.28 Å². The number of nitrogens with zero attached hydrogens (tertiary/aromatic N) is 3. The second kappa shape index (κ2) is 5.43. The van der Waals surface area contributed by atoms with Gasteiger partial charge in [0.2, 0.25) is 11.2 Å². The van der Waals surface area contributed by atoms with Gasteiger partial charge in [-0.1, -0.05) is 0 Å². The number of halogens is 4. The summed E-state index contributed by atoms with van der Waals surface area (Å²) in [6.45, 7) is 0.405. The van der Waals surface area contributed by atoms with Gasteiger partial charge in [0, 0.05) is 32.1 Å². The summed E-state index contributed by atoms with van der Waals surface area (Å²) in [6, 6.07) is 0.646. The van der Waals surface area contributed by atoms with E-state index < -0.39 is 17.2 Å². The van der Waals surface area contributed by atoms with Crippen LogP contribution in [0.15, 0.2) is 6.07 Å². The van der Waals surface area contributed by atoms with Crippen LogP contribution in [0.3, 0.4) is 0 Å². The van der Waals surface area contributed by atoms with Crippen molar-refractivity contribution in [3.8, 4) is 0 Å². The molecule has 1 N–H and O–H groups in total. The molecule has 0 saturated carbocycles. The molecule has 110 valence electrons. The lowest BCUT2D eigenvalue weighted by molar-refractivity contribution is -0.141. The number of likely N-dealkylation sites (N-methyl/N-ethyl adjacent to an activating group) is 1. The summed E-state index contributed by atoms with van der Waals surface area (Å²) in [5.74, 6) is 0.0184. The molecule has 0 aromatic carbocycles. The third-order valence-electron chi connectivity index (χ3n) is 2.97. The highest BCUT2D eigenvalue weighted by Crippen LogP contribution is 2.30. The van der Waals surface area contributed by atoms with Crippen LogP contribution in [0.4, 0.5) is 19.0 Å². The van der Waals surface area contributed by atoms with Crippen LogP contribution in [-0.2, 0) is 11.0 Å². The maximum atomic E-state index is 12.6. The average Bonchev–Trinajstić information content (AvgIpc) is 2.32. The molecule has 2 rings (SSSR count). The number of rotatable bonds is 2. The average molecular weight is 309 g/mol. The van der Waals surface area contributed by atoms with Crippen molar-refractivity contribution in [3.05, 3.63) is 17.0 Å². The number of aromatic nitrogens is 2. The van der Waals surface area contributed by atoms with Gasteiger partial charge in [0.1, 0.15) is 5.82 Å². The van der Waals surface area contributed by atoms with E-state index in [9.17, 15) is 18.0 Å². The normalized spacial score (nSPS) is 20.1. The Kier molecular flexibility index (Phi) is 4.03. The highest BCUT2D eigenvalue weighted by molar-refractivity contribution is 6.28. The Bertz CT molecular complexity index is 523. The second-order valence-electron chi connectivity index (χ2n) is 4.56. The van der Waals surface area contributed by atoms with Gasteiger partial charge in [0.15, 0.2) is 5.69 Å². The van der Waals surface area contributed by atoms with Crippen molar-refractivity contribution in [2.45, 2.75) is 25.1 Å². The standard InChI is InChI=1S/C11H12ClF3N4O/c1-19-5-6(2-3-9(19)20)16-8-4-7(11(13,14)15)17-10(12)18-8/h4,6H,2-3,5H2,1H3,(H,16,17,18). The van der Waals surface area contributed by atoms with Crippen LogP contribution >= 0.6 is 11.6 Å². The SMILES string of the molecule is CN1CC(Nc2cc(C(F)(F)F)nc(Cl)n2)CCC1=O. The minimum absolute atomic E-state index is 0.00470. The summed E-state index contributed by atoms with van der Waals surface area (Å²) >= 11 is 5.50. The van der Waals surface area contributed by atoms with E-state index in [4.69, 9.17) is 11.6 Å². The molecule has 1 aliphatic heterocycles. The summed E-state index contributed by atoms with van der Waals surface area (Å²) in [7, 11) is 1.64. The first kappa shape index (κ1) is 14.8. The van der Waals surface area contributed by atoms with Crippen molar-refractivity contribution in [2.24, 2.45) is 0 Å². The molecule has 1 aromatic heterocycles. The molecule has 0 bridgehead atoms. The van der Waals surface area contributed by atoms with Crippen LogP contribution in [0.25, 0.3) is 0 Å². The Balaban J connectivity index is 2.14. The topological polar surface area (TPSA) is 58.1 Å². The van der Waals surface area contributed by atoms with Crippen molar-refractivity contribution >= 4 is 23.3 Å². The maximum absolute atomic E-state index is 12.6. The van der Waals surface area contributed by atoms with E-state index >= 15 is 0 Å². The Morgan fingerprint density at radius 1 is 1.45 bits per heavy atom. The molecule has 1 amide bonds. The minimum atomic E-state index is -4.58. The Hall–Kier alpha value is -1.57. The van der Waals surface area contributed by atoms with Gasteiger partial charge >= 0.3 is 6.18 Å².